The van der Waals surface area contributed by atoms with Gasteiger partial charge in [0.05, 0.1) is 50.9 Å². The van der Waals surface area contributed by atoms with Crippen LogP contribution in [0.2, 0.25) is 0 Å². The van der Waals surface area contributed by atoms with Crippen molar-refractivity contribution in [3.63, 3.8) is 0 Å². The molecule has 0 fully saturated rings. The quantitative estimate of drug-likeness (QED) is 0.0407. The van der Waals surface area contributed by atoms with E-state index in [0.717, 1.165) is 32.1 Å². The molecule has 9 N–H and O–H groups in total. The van der Waals surface area contributed by atoms with Gasteiger partial charge in [0.25, 0.3) is 0 Å². The zero-order valence-corrected chi connectivity index (χ0v) is 58.9. The van der Waals surface area contributed by atoms with Gasteiger partial charge >= 0.3 is 48.0 Å². The number of para-hydroxylation sites is 1. The van der Waals surface area contributed by atoms with E-state index in [2.05, 4.69) is 68.3 Å². The van der Waals surface area contributed by atoms with E-state index < -0.39 is 48.0 Å². The lowest BCUT2D eigenvalue weighted by Gasteiger charge is -2.15. The van der Waals surface area contributed by atoms with Crippen molar-refractivity contribution in [1.82, 2.24) is 4.98 Å². The Hall–Kier alpha value is -10.2. The SMILES string of the molecule is COC(=O)c1[nH]c(C(C)(C)C)cc1NC(=O)Nc1ccc(C)cc1.COC(=O)c1cc(C(C)(C)C)sc1NC(=O)Nc1ccc(C)cc1.COC(=O)c1cc(C(C)(C)C)sc1NC(=O)Nc1ccccc1.COC(=O)c1oc(C(C)(C)C)cc1NC(=O)Nc1ccc(C)cc1. The molecule has 0 spiro atoms. The van der Waals surface area contributed by atoms with E-state index in [0.29, 0.717) is 55.3 Å². The molecule has 22 nitrogen and oxygen atoms in total. The molecule has 4 aromatic heterocycles. The molecule has 0 saturated heterocycles. The van der Waals surface area contributed by atoms with Gasteiger partial charge in [-0.1, -0.05) is 154 Å². The van der Waals surface area contributed by atoms with Gasteiger partial charge in [-0.15, -0.1) is 22.7 Å². The van der Waals surface area contributed by atoms with Crippen molar-refractivity contribution in [2.45, 2.75) is 126 Å². The smallest absolute Gasteiger partial charge is 0.376 e. The van der Waals surface area contributed by atoms with Gasteiger partial charge in [-0.05, 0) is 98.3 Å². The molecule has 4 aromatic carbocycles. The number of carbonyl (C=O) groups excluding carboxylic acids is 8. The number of aryl methyl sites for hydroxylation is 3. The predicted molar refractivity (Wildman–Crippen MR) is 379 cm³/mol. The van der Waals surface area contributed by atoms with E-state index in [1.807, 2.05) is 162 Å². The maximum absolute atomic E-state index is 12.2. The van der Waals surface area contributed by atoms with E-state index in [-0.39, 0.29) is 38.8 Å². The molecule has 0 atom stereocenters. The number of amides is 8. The fraction of sp³-hybridized carbons (Fsp3) is 0.324. The number of furan rings is 1. The summed E-state index contributed by atoms with van der Waals surface area (Å²) in [4.78, 5) is 101. The van der Waals surface area contributed by atoms with E-state index in [1.54, 1.807) is 48.5 Å². The Kier molecular flexibility index (Phi) is 26.3. The predicted octanol–water partition coefficient (Wildman–Crippen LogP) is 17.6. The molecule has 95 heavy (non-hydrogen) atoms. The summed E-state index contributed by atoms with van der Waals surface area (Å²) in [5, 5.41) is 22.7. The molecule has 4 heterocycles. The number of aromatic nitrogens is 1. The molecular weight excluding hydrogens is 1250 g/mol. The van der Waals surface area contributed by atoms with Crippen molar-refractivity contribution < 1.29 is 61.7 Å². The highest BCUT2D eigenvalue weighted by Gasteiger charge is 2.29. The van der Waals surface area contributed by atoms with Crippen LogP contribution in [-0.4, -0.2) is 81.4 Å². The largest absolute Gasteiger partial charge is 0.465 e. The highest BCUT2D eigenvalue weighted by atomic mass is 32.1. The van der Waals surface area contributed by atoms with Crippen LogP contribution < -0.4 is 42.5 Å². The average Bonchev–Trinajstić information content (AvgIpc) is 1.72. The van der Waals surface area contributed by atoms with Gasteiger partial charge in [0.1, 0.15) is 21.5 Å². The van der Waals surface area contributed by atoms with Crippen LogP contribution in [0.4, 0.5) is 63.3 Å². The topological polar surface area (TPSA) is 299 Å². The first-order chi connectivity index (χ1) is 44.4. The van der Waals surface area contributed by atoms with Crippen molar-refractivity contribution in [1.29, 1.82) is 0 Å². The Labute approximate surface area is 563 Å². The number of nitrogens with one attached hydrogen (secondary N) is 9. The number of anilines is 8. The molecule has 24 heteroatoms. The third-order valence-corrected chi connectivity index (χ3v) is 16.5. The van der Waals surface area contributed by atoms with E-state index in [4.69, 9.17) is 23.4 Å². The molecule has 8 amide bonds. The summed E-state index contributed by atoms with van der Waals surface area (Å²) in [5.41, 5.74) is 7.69. The second-order valence-corrected chi connectivity index (χ2v) is 27.9. The molecule has 8 aromatic rings. The van der Waals surface area contributed by atoms with Gasteiger partial charge in [-0.25, -0.2) is 38.4 Å². The number of aromatic amines is 1. The van der Waals surface area contributed by atoms with Gasteiger partial charge < -0.3 is 60.2 Å². The average molecular weight is 1340 g/mol. The molecule has 0 saturated carbocycles. The van der Waals surface area contributed by atoms with Crippen molar-refractivity contribution >= 4 is 115 Å². The number of carbonyl (C=O) groups is 8. The summed E-state index contributed by atoms with van der Waals surface area (Å²) in [7, 11) is 5.21. The number of H-pyrrole nitrogens is 1. The Balaban J connectivity index is 0.000000229. The lowest BCUT2D eigenvalue weighted by Crippen LogP contribution is -2.20. The minimum absolute atomic E-state index is 0.0264. The van der Waals surface area contributed by atoms with Gasteiger partial charge in [0.2, 0.25) is 5.76 Å². The lowest BCUT2D eigenvalue weighted by molar-refractivity contribution is 0.0559. The normalized spacial score (nSPS) is 11.0. The van der Waals surface area contributed by atoms with Crippen LogP contribution >= 0.6 is 22.7 Å². The number of hydrogen-bond acceptors (Lipinski definition) is 15. The Bertz CT molecular complexity index is 3640. The third kappa shape index (κ3) is 23.1. The fourth-order valence-electron chi connectivity index (χ4n) is 8.08. The van der Waals surface area contributed by atoms with Crippen LogP contribution in [0.3, 0.4) is 0 Å². The first kappa shape index (κ1) is 75.5. The highest BCUT2D eigenvalue weighted by molar-refractivity contribution is 7.17. The first-order valence-corrected chi connectivity index (χ1v) is 31.6. The Morgan fingerprint density at radius 2 is 0.726 bits per heavy atom. The summed E-state index contributed by atoms with van der Waals surface area (Å²) in [6.07, 6.45) is 0. The van der Waals surface area contributed by atoms with Crippen molar-refractivity contribution in [3.8, 4) is 0 Å². The molecule has 0 unspecified atom stereocenters. The molecular formula is C71H87N9O13S2. The second-order valence-electron chi connectivity index (χ2n) is 25.8. The molecule has 0 aliphatic heterocycles. The number of benzene rings is 4. The van der Waals surface area contributed by atoms with Gasteiger partial charge in [-0.2, -0.15) is 0 Å². The maximum Gasteiger partial charge on any atom is 0.376 e. The summed E-state index contributed by atoms with van der Waals surface area (Å²) >= 11 is 2.75. The Morgan fingerprint density at radius 3 is 1.06 bits per heavy atom. The number of urea groups is 4. The van der Waals surface area contributed by atoms with Crippen LogP contribution in [0.5, 0.6) is 0 Å². The molecule has 8 rings (SSSR count). The highest BCUT2D eigenvalue weighted by Crippen LogP contribution is 2.38. The first-order valence-electron chi connectivity index (χ1n) is 30.0. The Morgan fingerprint density at radius 1 is 0.379 bits per heavy atom. The standard InChI is InChI=1S/C18H23N3O3.C18H22N2O4.C18H22N2O3S.C17H20N2O3S/c1-11-6-8-12(9-7-11)19-17(23)20-13-10-14(18(2,3)4)21-15(13)16(22)24-5;1-11-6-8-12(9-7-11)19-17(22)20-13-10-14(18(2,3)4)24-15(13)16(21)23-5;1-11-6-8-12(9-7-11)19-17(22)20-15-13(16(21)23-5)10-14(24-15)18(2,3)4;1-17(2,3)13-10-12(15(20)22-4)14(23-13)19-16(21)18-11-8-6-5-7-9-11/h6-10,21H,1-5H3,(H2,19,20,23);2*6-10H,1-5H3,(H2,19,20,22);5-10H,1-4H3,(H2,18,19,21). The van der Waals surface area contributed by atoms with E-state index in [1.165, 1.54) is 51.1 Å². The third-order valence-electron chi connectivity index (χ3n) is 13.5. The molecule has 0 aliphatic rings. The molecule has 506 valence electrons. The minimum atomic E-state index is -0.642. The molecule has 0 aliphatic carbocycles. The van der Waals surface area contributed by atoms with Crippen LogP contribution in [-0.2, 0) is 40.6 Å². The number of thiophene rings is 2. The van der Waals surface area contributed by atoms with Crippen molar-refractivity contribution in [2.24, 2.45) is 0 Å². The number of esters is 4. The monoisotopic (exact) mass is 1340 g/mol. The zero-order valence-electron chi connectivity index (χ0n) is 57.2. The van der Waals surface area contributed by atoms with Gasteiger partial charge in [0, 0.05) is 55.1 Å². The van der Waals surface area contributed by atoms with E-state index >= 15 is 0 Å². The summed E-state index contributed by atoms with van der Waals surface area (Å²) in [6, 6.07) is 36.7. The minimum Gasteiger partial charge on any atom is -0.465 e. The second kappa shape index (κ2) is 33.1. The lowest BCUT2D eigenvalue weighted by atomic mass is 9.92. The fourth-order valence-corrected chi connectivity index (χ4v) is 10.3. The summed E-state index contributed by atoms with van der Waals surface area (Å²) < 4.78 is 24.7. The van der Waals surface area contributed by atoms with Crippen molar-refractivity contribution in [2.75, 3.05) is 71.0 Å². The van der Waals surface area contributed by atoms with Crippen LogP contribution in [0, 0.1) is 20.8 Å². The summed E-state index contributed by atoms with van der Waals surface area (Å²) in [6.45, 7) is 30.1. The molecule has 0 bridgehead atoms. The number of ether oxygens (including phenoxy) is 4. The zero-order chi connectivity index (χ0) is 70.8. The number of hydrogen-bond donors (Lipinski definition) is 9. The number of methoxy groups -OCH3 is 4. The molecule has 0 radical (unpaired) electrons. The van der Waals surface area contributed by atoms with Gasteiger partial charge in [-0.3, -0.25) is 10.6 Å². The van der Waals surface area contributed by atoms with E-state index in [9.17, 15) is 38.4 Å². The summed E-state index contributed by atoms with van der Waals surface area (Å²) in [5.74, 6) is -1.55. The number of rotatable bonds is 12. The van der Waals surface area contributed by atoms with Gasteiger partial charge in [0.15, 0.2) is 0 Å². The van der Waals surface area contributed by atoms with Crippen molar-refractivity contribution in [3.05, 3.63) is 188 Å². The van der Waals surface area contributed by atoms with Crippen LogP contribution in [0.25, 0.3) is 0 Å². The van der Waals surface area contributed by atoms with Crippen LogP contribution in [0.1, 0.15) is 163 Å². The van der Waals surface area contributed by atoms with Crippen LogP contribution in [0.15, 0.2) is 132 Å². The maximum atomic E-state index is 12.2.